The molecular formula is C18H33N3. The summed E-state index contributed by atoms with van der Waals surface area (Å²) in [5, 5.41) is 3.53. The molecule has 1 aromatic carbocycles. The second-order valence-corrected chi connectivity index (χ2v) is 6.43. The van der Waals surface area contributed by atoms with Gasteiger partial charge in [0.1, 0.15) is 0 Å². The van der Waals surface area contributed by atoms with Gasteiger partial charge in [0.2, 0.25) is 0 Å². The van der Waals surface area contributed by atoms with Crippen LogP contribution >= 0.6 is 0 Å². The predicted octanol–water partition coefficient (Wildman–Crippen LogP) is 2.86. The summed E-state index contributed by atoms with van der Waals surface area (Å²) in [6.07, 6.45) is 0. The second kappa shape index (κ2) is 9.93. The Morgan fingerprint density at radius 1 is 1.05 bits per heavy atom. The number of hydrogen-bond donors (Lipinski definition) is 1. The van der Waals surface area contributed by atoms with Crippen LogP contribution in [0.25, 0.3) is 0 Å². The molecule has 0 aliphatic rings. The Balaban J connectivity index is 2.87. The molecule has 0 saturated carbocycles. The molecule has 0 saturated heterocycles. The van der Waals surface area contributed by atoms with E-state index in [1.165, 1.54) is 5.56 Å². The molecule has 0 aliphatic heterocycles. The van der Waals surface area contributed by atoms with Gasteiger partial charge in [0.15, 0.2) is 0 Å². The molecule has 120 valence electrons. The molecule has 3 nitrogen and oxygen atoms in total. The number of hydrogen-bond acceptors (Lipinski definition) is 3. The Kier molecular flexibility index (Phi) is 8.58. The molecule has 0 aromatic heterocycles. The molecule has 0 bridgehead atoms. The molecule has 0 spiro atoms. The van der Waals surface area contributed by atoms with Gasteiger partial charge in [-0.25, -0.2) is 0 Å². The van der Waals surface area contributed by atoms with Crippen LogP contribution < -0.4 is 5.32 Å². The molecule has 0 fully saturated rings. The minimum absolute atomic E-state index is 0.452. The van der Waals surface area contributed by atoms with Crippen molar-refractivity contribution in [3.8, 4) is 0 Å². The van der Waals surface area contributed by atoms with Crippen LogP contribution in [-0.4, -0.2) is 56.6 Å². The highest BCUT2D eigenvalue weighted by Gasteiger charge is 2.20. The summed E-state index contributed by atoms with van der Waals surface area (Å²) < 4.78 is 0. The van der Waals surface area contributed by atoms with Crippen molar-refractivity contribution in [1.82, 2.24) is 15.1 Å². The lowest BCUT2D eigenvalue weighted by Gasteiger charge is -2.34. The van der Waals surface area contributed by atoms with Crippen molar-refractivity contribution in [2.75, 3.05) is 46.8 Å². The highest BCUT2D eigenvalue weighted by Crippen LogP contribution is 2.21. The van der Waals surface area contributed by atoms with Crippen LogP contribution in [-0.2, 0) is 0 Å². The van der Waals surface area contributed by atoms with Gasteiger partial charge in [-0.3, -0.25) is 4.90 Å². The molecule has 0 heterocycles. The SMILES string of the molecule is CCNCC(c1ccccc1)N(CCN(C)C)CC(C)C. The van der Waals surface area contributed by atoms with Crippen LogP contribution in [0.1, 0.15) is 32.4 Å². The van der Waals surface area contributed by atoms with E-state index in [0.717, 1.165) is 32.7 Å². The zero-order chi connectivity index (χ0) is 15.7. The smallest absolute Gasteiger partial charge is 0.0473 e. The second-order valence-electron chi connectivity index (χ2n) is 6.43. The highest BCUT2D eigenvalue weighted by atomic mass is 15.2. The standard InChI is InChI=1S/C18H33N3/c1-6-19-14-18(17-10-8-7-9-11-17)21(15-16(2)3)13-12-20(4)5/h7-11,16,18-19H,6,12-15H2,1-5H3. The molecule has 0 aliphatic carbocycles. The summed E-state index contributed by atoms with van der Waals surface area (Å²) in [5.74, 6) is 0.681. The van der Waals surface area contributed by atoms with Crippen LogP contribution in [0.15, 0.2) is 30.3 Å². The zero-order valence-electron chi connectivity index (χ0n) is 14.5. The average molecular weight is 291 g/mol. The summed E-state index contributed by atoms with van der Waals surface area (Å²) in [7, 11) is 4.30. The molecule has 1 rings (SSSR count). The third kappa shape index (κ3) is 7.07. The fourth-order valence-electron chi connectivity index (χ4n) is 2.59. The third-order valence-corrected chi connectivity index (χ3v) is 3.65. The minimum Gasteiger partial charge on any atom is -0.315 e. The topological polar surface area (TPSA) is 18.5 Å². The number of likely N-dealkylation sites (N-methyl/N-ethyl adjacent to an activating group) is 2. The van der Waals surface area contributed by atoms with Gasteiger partial charge in [-0.2, -0.15) is 0 Å². The van der Waals surface area contributed by atoms with Crippen LogP contribution in [0.2, 0.25) is 0 Å². The Hall–Kier alpha value is -0.900. The molecule has 3 heteroatoms. The quantitative estimate of drug-likeness (QED) is 0.715. The van der Waals surface area contributed by atoms with Gasteiger partial charge in [-0.1, -0.05) is 51.1 Å². The van der Waals surface area contributed by atoms with E-state index in [1.54, 1.807) is 0 Å². The van der Waals surface area contributed by atoms with Crippen molar-refractivity contribution in [1.29, 1.82) is 0 Å². The Morgan fingerprint density at radius 3 is 2.24 bits per heavy atom. The fraction of sp³-hybridized carbons (Fsp3) is 0.667. The molecular weight excluding hydrogens is 258 g/mol. The first kappa shape index (κ1) is 18.1. The van der Waals surface area contributed by atoms with Crippen molar-refractivity contribution < 1.29 is 0 Å². The highest BCUT2D eigenvalue weighted by molar-refractivity contribution is 5.19. The van der Waals surface area contributed by atoms with Gasteiger partial charge in [0, 0.05) is 32.2 Å². The summed E-state index contributed by atoms with van der Waals surface area (Å²) in [4.78, 5) is 4.89. The van der Waals surface area contributed by atoms with E-state index in [2.05, 4.69) is 80.3 Å². The van der Waals surface area contributed by atoms with Crippen LogP contribution in [0.3, 0.4) is 0 Å². The first-order valence-electron chi connectivity index (χ1n) is 8.19. The van der Waals surface area contributed by atoms with E-state index in [1.807, 2.05) is 0 Å². The van der Waals surface area contributed by atoms with Crippen molar-refractivity contribution >= 4 is 0 Å². The van der Waals surface area contributed by atoms with Crippen LogP contribution in [0.5, 0.6) is 0 Å². The number of nitrogens with one attached hydrogen (secondary N) is 1. The molecule has 21 heavy (non-hydrogen) atoms. The number of benzene rings is 1. The van der Waals surface area contributed by atoms with Crippen molar-refractivity contribution in [2.45, 2.75) is 26.8 Å². The maximum Gasteiger partial charge on any atom is 0.0473 e. The van der Waals surface area contributed by atoms with E-state index < -0.39 is 0 Å². The third-order valence-electron chi connectivity index (χ3n) is 3.65. The maximum absolute atomic E-state index is 3.53. The van der Waals surface area contributed by atoms with Crippen molar-refractivity contribution in [3.63, 3.8) is 0 Å². The van der Waals surface area contributed by atoms with Crippen molar-refractivity contribution in [3.05, 3.63) is 35.9 Å². The zero-order valence-corrected chi connectivity index (χ0v) is 14.5. The monoisotopic (exact) mass is 291 g/mol. The van der Waals surface area contributed by atoms with Crippen LogP contribution in [0, 0.1) is 5.92 Å². The van der Waals surface area contributed by atoms with Gasteiger partial charge in [-0.15, -0.1) is 0 Å². The summed E-state index contributed by atoms with van der Waals surface area (Å²) in [5.41, 5.74) is 1.41. The summed E-state index contributed by atoms with van der Waals surface area (Å²) >= 11 is 0. The molecule has 1 unspecified atom stereocenters. The number of nitrogens with zero attached hydrogens (tertiary/aromatic N) is 2. The van der Waals surface area contributed by atoms with Gasteiger partial charge in [0.05, 0.1) is 0 Å². The fourth-order valence-corrected chi connectivity index (χ4v) is 2.59. The van der Waals surface area contributed by atoms with Crippen molar-refractivity contribution in [2.24, 2.45) is 5.92 Å². The lowest BCUT2D eigenvalue weighted by atomic mass is 10.0. The van der Waals surface area contributed by atoms with Gasteiger partial charge < -0.3 is 10.2 Å². The van der Waals surface area contributed by atoms with Gasteiger partial charge >= 0.3 is 0 Å². The van der Waals surface area contributed by atoms with E-state index >= 15 is 0 Å². The molecule has 1 aromatic rings. The van der Waals surface area contributed by atoms with E-state index in [0.29, 0.717) is 12.0 Å². The molecule has 0 amide bonds. The minimum atomic E-state index is 0.452. The molecule has 1 atom stereocenters. The molecule has 0 radical (unpaired) electrons. The summed E-state index contributed by atoms with van der Waals surface area (Å²) in [6, 6.07) is 11.4. The Morgan fingerprint density at radius 2 is 1.71 bits per heavy atom. The Bertz CT molecular complexity index is 362. The average Bonchev–Trinajstić information content (AvgIpc) is 2.45. The Labute approximate surface area is 131 Å². The van der Waals surface area contributed by atoms with E-state index in [9.17, 15) is 0 Å². The first-order valence-corrected chi connectivity index (χ1v) is 8.19. The summed E-state index contributed by atoms with van der Waals surface area (Å²) in [6.45, 7) is 12.2. The predicted molar refractivity (Wildman–Crippen MR) is 92.7 cm³/mol. The van der Waals surface area contributed by atoms with Gasteiger partial charge in [-0.05, 0) is 32.1 Å². The van der Waals surface area contributed by atoms with E-state index in [-0.39, 0.29) is 0 Å². The first-order chi connectivity index (χ1) is 10.0. The molecule has 1 N–H and O–H groups in total. The largest absolute Gasteiger partial charge is 0.315 e. The lowest BCUT2D eigenvalue weighted by molar-refractivity contribution is 0.157. The number of rotatable bonds is 10. The van der Waals surface area contributed by atoms with Gasteiger partial charge in [0.25, 0.3) is 0 Å². The van der Waals surface area contributed by atoms with E-state index in [4.69, 9.17) is 0 Å². The van der Waals surface area contributed by atoms with Crippen LogP contribution in [0.4, 0.5) is 0 Å². The normalized spacial score (nSPS) is 13.3. The lowest BCUT2D eigenvalue weighted by Crippen LogP contribution is -2.41. The maximum atomic E-state index is 3.53.